The summed E-state index contributed by atoms with van der Waals surface area (Å²) in [7, 11) is 0. The van der Waals surface area contributed by atoms with Crippen LogP contribution in [0.4, 0.5) is 13.2 Å². The first kappa shape index (κ1) is 9.08. The second kappa shape index (κ2) is 2.78. The molecular formula is C5H8ClF3. The highest BCUT2D eigenvalue weighted by Crippen LogP contribution is 2.30. The third kappa shape index (κ3) is 2.94. The van der Waals surface area contributed by atoms with Gasteiger partial charge in [-0.2, -0.15) is 13.2 Å². The van der Waals surface area contributed by atoms with Gasteiger partial charge >= 0.3 is 6.18 Å². The molecule has 0 aliphatic carbocycles. The van der Waals surface area contributed by atoms with E-state index in [0.717, 1.165) is 6.92 Å². The Labute approximate surface area is 57.0 Å². The van der Waals surface area contributed by atoms with Gasteiger partial charge in [0.2, 0.25) is 0 Å². The molecule has 0 aromatic carbocycles. The first-order valence-corrected chi connectivity index (χ1v) is 3.00. The average Bonchev–Trinajstić information content (AvgIpc) is 1.62. The molecule has 0 aliphatic rings. The van der Waals surface area contributed by atoms with Crippen LogP contribution in [0.3, 0.4) is 0 Å². The Morgan fingerprint density at radius 2 is 1.56 bits per heavy atom. The van der Waals surface area contributed by atoms with E-state index >= 15 is 0 Å². The highest BCUT2D eigenvalue weighted by molar-refractivity contribution is 6.20. The van der Waals surface area contributed by atoms with E-state index in [1.54, 1.807) is 0 Å². The minimum absolute atomic E-state index is 0.843. The van der Waals surface area contributed by atoms with Gasteiger partial charge in [-0.1, -0.05) is 6.92 Å². The number of hydrogen-bond acceptors (Lipinski definition) is 0. The molecule has 0 N–H and O–H groups in total. The molecule has 0 fully saturated rings. The minimum Gasteiger partial charge on any atom is -0.171 e. The van der Waals surface area contributed by atoms with Crippen LogP contribution in [0.2, 0.25) is 0 Å². The van der Waals surface area contributed by atoms with Crippen LogP contribution in [0.25, 0.3) is 0 Å². The van der Waals surface area contributed by atoms with Crippen LogP contribution in [-0.4, -0.2) is 11.6 Å². The third-order valence-corrected chi connectivity index (χ3v) is 1.58. The van der Waals surface area contributed by atoms with Crippen molar-refractivity contribution in [2.24, 2.45) is 5.92 Å². The van der Waals surface area contributed by atoms with Crippen LogP contribution >= 0.6 is 11.6 Å². The van der Waals surface area contributed by atoms with Crippen LogP contribution in [0.1, 0.15) is 13.8 Å². The van der Waals surface area contributed by atoms with Gasteiger partial charge in [-0.3, -0.25) is 0 Å². The van der Waals surface area contributed by atoms with Crippen LogP contribution in [-0.2, 0) is 0 Å². The fourth-order valence-corrected chi connectivity index (χ4v) is 0.403. The highest BCUT2D eigenvalue weighted by atomic mass is 35.5. The van der Waals surface area contributed by atoms with Crippen molar-refractivity contribution < 1.29 is 13.2 Å². The molecule has 0 heterocycles. The molecule has 1 unspecified atom stereocenters. The van der Waals surface area contributed by atoms with Crippen molar-refractivity contribution in [3.63, 3.8) is 0 Å². The van der Waals surface area contributed by atoms with Gasteiger partial charge in [0.05, 0.1) is 5.92 Å². The van der Waals surface area contributed by atoms with Gasteiger partial charge in [-0.05, 0) is 6.92 Å². The van der Waals surface area contributed by atoms with E-state index in [1.165, 1.54) is 6.92 Å². The van der Waals surface area contributed by atoms with E-state index < -0.39 is 17.5 Å². The number of halogens is 4. The van der Waals surface area contributed by atoms with Gasteiger partial charge in [0.15, 0.2) is 0 Å². The molecule has 0 saturated heterocycles. The zero-order chi connectivity index (χ0) is 7.65. The maximum absolute atomic E-state index is 11.6. The normalized spacial score (nSPS) is 19.3. The third-order valence-electron chi connectivity index (χ3n) is 1.21. The van der Waals surface area contributed by atoms with Crippen LogP contribution in [0.5, 0.6) is 0 Å². The van der Waals surface area contributed by atoms with Gasteiger partial charge in [-0.25, -0.2) is 0 Å². The molecule has 9 heavy (non-hydrogen) atoms. The van der Waals surface area contributed by atoms with Crippen molar-refractivity contribution in [3.05, 3.63) is 0 Å². The van der Waals surface area contributed by atoms with Crippen LogP contribution < -0.4 is 0 Å². The molecule has 0 amide bonds. The lowest BCUT2D eigenvalue weighted by Gasteiger charge is -2.16. The zero-order valence-electron chi connectivity index (χ0n) is 5.17. The first-order valence-electron chi connectivity index (χ1n) is 2.56. The summed E-state index contributed by atoms with van der Waals surface area (Å²) >= 11 is 5.19. The van der Waals surface area contributed by atoms with Crippen molar-refractivity contribution >= 4 is 11.6 Å². The summed E-state index contributed by atoms with van der Waals surface area (Å²) in [6, 6.07) is 0. The molecule has 56 valence electrons. The Kier molecular flexibility index (Phi) is 2.80. The number of rotatable bonds is 1. The van der Waals surface area contributed by atoms with Crippen LogP contribution in [0, 0.1) is 5.92 Å². The summed E-state index contributed by atoms with van der Waals surface area (Å²) in [5, 5.41) is -0.843. The molecule has 0 rings (SSSR count). The molecule has 0 radical (unpaired) electrons. The summed E-state index contributed by atoms with van der Waals surface area (Å²) in [5.41, 5.74) is 0. The second-order valence-corrected chi connectivity index (χ2v) is 2.70. The van der Waals surface area contributed by atoms with Crippen molar-refractivity contribution in [1.29, 1.82) is 0 Å². The Balaban J connectivity index is 3.88. The molecule has 0 nitrogen and oxygen atoms in total. The predicted molar refractivity (Wildman–Crippen MR) is 30.5 cm³/mol. The number of alkyl halides is 4. The Bertz CT molecular complexity index is 86.7. The van der Waals surface area contributed by atoms with Crippen molar-refractivity contribution in [2.45, 2.75) is 25.4 Å². The van der Waals surface area contributed by atoms with E-state index in [-0.39, 0.29) is 0 Å². The topological polar surface area (TPSA) is 0 Å². The van der Waals surface area contributed by atoms with Gasteiger partial charge in [0.1, 0.15) is 0 Å². The summed E-state index contributed by atoms with van der Waals surface area (Å²) in [6.07, 6.45) is -4.15. The average molecular weight is 161 g/mol. The molecule has 4 heteroatoms. The molecule has 0 aromatic rings. The van der Waals surface area contributed by atoms with Crippen molar-refractivity contribution in [3.8, 4) is 0 Å². The smallest absolute Gasteiger partial charge is 0.171 e. The summed E-state index contributed by atoms with van der Waals surface area (Å²) in [6.45, 7) is 2.40. The Hall–Kier alpha value is 0.0800. The molecule has 0 saturated carbocycles. The van der Waals surface area contributed by atoms with Gasteiger partial charge in [0, 0.05) is 5.38 Å². The molecule has 0 aliphatic heterocycles. The minimum atomic E-state index is -4.15. The highest BCUT2D eigenvalue weighted by Gasteiger charge is 2.38. The molecule has 0 aromatic heterocycles. The lowest BCUT2D eigenvalue weighted by molar-refractivity contribution is -0.168. The van der Waals surface area contributed by atoms with Gasteiger partial charge < -0.3 is 0 Å². The quantitative estimate of drug-likeness (QED) is 0.518. The van der Waals surface area contributed by atoms with E-state index in [2.05, 4.69) is 0 Å². The Morgan fingerprint density at radius 1 is 1.22 bits per heavy atom. The van der Waals surface area contributed by atoms with Crippen LogP contribution in [0.15, 0.2) is 0 Å². The van der Waals surface area contributed by atoms with E-state index in [1.807, 2.05) is 0 Å². The lowest BCUT2D eigenvalue weighted by atomic mass is 10.1. The van der Waals surface area contributed by atoms with E-state index in [4.69, 9.17) is 11.6 Å². The first-order chi connectivity index (χ1) is 3.85. The zero-order valence-corrected chi connectivity index (χ0v) is 5.92. The summed E-state index contributed by atoms with van der Waals surface area (Å²) in [5.74, 6) is -1.42. The molecule has 0 bridgehead atoms. The molecule has 0 spiro atoms. The van der Waals surface area contributed by atoms with Crippen molar-refractivity contribution in [2.75, 3.05) is 0 Å². The van der Waals surface area contributed by atoms with Crippen molar-refractivity contribution in [1.82, 2.24) is 0 Å². The molecular weight excluding hydrogens is 153 g/mol. The van der Waals surface area contributed by atoms with Gasteiger partial charge in [-0.15, -0.1) is 11.6 Å². The fourth-order valence-electron chi connectivity index (χ4n) is 0.260. The maximum Gasteiger partial charge on any atom is 0.392 e. The Morgan fingerprint density at radius 3 is 1.56 bits per heavy atom. The lowest BCUT2D eigenvalue weighted by Crippen LogP contribution is -2.26. The largest absolute Gasteiger partial charge is 0.392 e. The molecule has 2 atom stereocenters. The van der Waals surface area contributed by atoms with Gasteiger partial charge in [0.25, 0.3) is 0 Å². The predicted octanol–water partition coefficient (Wildman–Crippen LogP) is 2.81. The van der Waals surface area contributed by atoms with E-state index in [0.29, 0.717) is 0 Å². The SMILES string of the molecule is CC([C@@H](C)Cl)C(F)(F)F. The maximum atomic E-state index is 11.6. The summed E-state index contributed by atoms with van der Waals surface area (Å²) < 4.78 is 34.8. The number of hydrogen-bond donors (Lipinski definition) is 0. The fraction of sp³-hybridized carbons (Fsp3) is 1.00. The summed E-state index contributed by atoms with van der Waals surface area (Å²) in [4.78, 5) is 0. The standard InChI is InChI=1S/C5H8ClF3/c1-3(4(2)6)5(7,8)9/h3-4H,1-2H3/t3?,4-/m1/s1. The van der Waals surface area contributed by atoms with E-state index in [9.17, 15) is 13.2 Å². The monoisotopic (exact) mass is 160 g/mol. The second-order valence-electron chi connectivity index (χ2n) is 2.01.